The Bertz CT molecular complexity index is 540. The van der Waals surface area contributed by atoms with Crippen LogP contribution in [0, 0.1) is 0 Å². The van der Waals surface area contributed by atoms with Crippen molar-refractivity contribution in [2.24, 2.45) is 0 Å². The second-order valence-electron chi connectivity index (χ2n) is 4.01. The first-order valence-electron chi connectivity index (χ1n) is 5.58. The Kier molecular flexibility index (Phi) is 3.57. The van der Waals surface area contributed by atoms with Crippen LogP contribution < -0.4 is 0 Å². The molecule has 0 aliphatic rings. The summed E-state index contributed by atoms with van der Waals surface area (Å²) in [5, 5.41) is 18.7. The Labute approximate surface area is 105 Å². The molecule has 2 rings (SSSR count). The van der Waals surface area contributed by atoms with Gasteiger partial charge >= 0.3 is 5.97 Å². The van der Waals surface area contributed by atoms with Crippen LogP contribution >= 0.6 is 0 Å². The van der Waals surface area contributed by atoms with Gasteiger partial charge in [-0.15, -0.1) is 0 Å². The third-order valence-electron chi connectivity index (χ3n) is 2.71. The molecule has 0 saturated carbocycles. The van der Waals surface area contributed by atoms with Crippen LogP contribution in [0.25, 0.3) is 0 Å². The van der Waals surface area contributed by atoms with Gasteiger partial charge in [-0.2, -0.15) is 0 Å². The molecule has 0 radical (unpaired) electrons. The fourth-order valence-electron chi connectivity index (χ4n) is 1.82. The number of carbonyl (C=O) groups is 1. The predicted octanol–water partition coefficient (Wildman–Crippen LogP) is 2.20. The number of pyridine rings is 1. The van der Waals surface area contributed by atoms with Gasteiger partial charge in [0.15, 0.2) is 0 Å². The largest absolute Gasteiger partial charge is 0.508 e. The predicted molar refractivity (Wildman–Crippen MR) is 66.4 cm³/mol. The van der Waals surface area contributed by atoms with Crippen LogP contribution in [0.3, 0.4) is 0 Å². The number of rotatable bonds is 4. The van der Waals surface area contributed by atoms with Crippen molar-refractivity contribution >= 4 is 5.97 Å². The highest BCUT2D eigenvalue weighted by atomic mass is 16.4. The van der Waals surface area contributed by atoms with Gasteiger partial charge in [-0.1, -0.05) is 18.2 Å². The van der Waals surface area contributed by atoms with Crippen molar-refractivity contribution in [1.29, 1.82) is 0 Å². The monoisotopic (exact) mass is 243 g/mol. The summed E-state index contributed by atoms with van der Waals surface area (Å²) in [5.41, 5.74) is 1.29. The minimum atomic E-state index is -0.925. The minimum absolute atomic E-state index is 0.0692. The molecule has 1 unspecified atom stereocenters. The van der Waals surface area contributed by atoms with E-state index in [-0.39, 0.29) is 5.75 Å². The zero-order valence-corrected chi connectivity index (χ0v) is 9.65. The zero-order valence-electron chi connectivity index (χ0n) is 9.65. The molecule has 2 N–H and O–H groups in total. The van der Waals surface area contributed by atoms with Crippen LogP contribution in [0.5, 0.6) is 5.75 Å². The lowest BCUT2D eigenvalue weighted by Crippen LogP contribution is -2.15. The molecule has 92 valence electrons. The Morgan fingerprint density at radius 2 is 2.06 bits per heavy atom. The van der Waals surface area contributed by atoms with E-state index in [0.29, 0.717) is 17.7 Å². The number of nitrogens with zero attached hydrogens (tertiary/aromatic N) is 1. The summed E-state index contributed by atoms with van der Waals surface area (Å²) in [6.45, 7) is 0. The number of aromatic hydroxyl groups is 1. The van der Waals surface area contributed by atoms with Crippen molar-refractivity contribution in [3.63, 3.8) is 0 Å². The first-order valence-corrected chi connectivity index (χ1v) is 5.58. The highest BCUT2D eigenvalue weighted by Crippen LogP contribution is 2.23. The Balaban J connectivity index is 2.27. The molecule has 0 aliphatic heterocycles. The molecule has 1 heterocycles. The van der Waals surface area contributed by atoms with Gasteiger partial charge < -0.3 is 10.2 Å². The molecule has 1 atom stereocenters. The van der Waals surface area contributed by atoms with E-state index < -0.39 is 11.9 Å². The van der Waals surface area contributed by atoms with Crippen LogP contribution in [0.2, 0.25) is 0 Å². The third-order valence-corrected chi connectivity index (χ3v) is 2.71. The maximum Gasteiger partial charge on any atom is 0.311 e. The lowest BCUT2D eigenvalue weighted by Gasteiger charge is -2.12. The summed E-state index contributed by atoms with van der Waals surface area (Å²) in [6, 6.07) is 11.7. The maximum absolute atomic E-state index is 11.3. The molecule has 2 aromatic rings. The number of carboxylic acids is 1. The summed E-state index contributed by atoms with van der Waals surface area (Å²) in [6.07, 6.45) is 1.94. The second kappa shape index (κ2) is 5.31. The molecular formula is C14H13NO3. The molecule has 0 saturated heterocycles. The van der Waals surface area contributed by atoms with Gasteiger partial charge in [0, 0.05) is 18.3 Å². The summed E-state index contributed by atoms with van der Waals surface area (Å²) < 4.78 is 0. The molecule has 1 aromatic heterocycles. The fourth-order valence-corrected chi connectivity index (χ4v) is 1.82. The number of hydrogen-bond donors (Lipinski definition) is 2. The number of phenolic OH excluding ortho intramolecular Hbond substituents is 1. The number of aromatic nitrogens is 1. The van der Waals surface area contributed by atoms with E-state index >= 15 is 0 Å². The molecule has 0 spiro atoms. The highest BCUT2D eigenvalue weighted by molar-refractivity contribution is 5.76. The normalized spacial score (nSPS) is 12.0. The summed E-state index contributed by atoms with van der Waals surface area (Å²) in [5.74, 6) is -1.56. The Hall–Kier alpha value is -2.36. The summed E-state index contributed by atoms with van der Waals surface area (Å²) in [7, 11) is 0. The van der Waals surface area contributed by atoms with Crippen molar-refractivity contribution in [3.8, 4) is 5.75 Å². The summed E-state index contributed by atoms with van der Waals surface area (Å²) in [4.78, 5) is 15.4. The molecular weight excluding hydrogens is 230 g/mol. The average Bonchev–Trinajstić information content (AvgIpc) is 2.37. The van der Waals surface area contributed by atoms with Crippen LogP contribution in [0.15, 0.2) is 48.7 Å². The molecule has 18 heavy (non-hydrogen) atoms. The number of aliphatic carboxylic acids is 1. The smallest absolute Gasteiger partial charge is 0.311 e. The fraction of sp³-hybridized carbons (Fsp3) is 0.143. The van der Waals surface area contributed by atoms with E-state index in [0.717, 1.165) is 0 Å². The number of hydrogen-bond acceptors (Lipinski definition) is 3. The Morgan fingerprint density at radius 3 is 2.67 bits per heavy atom. The molecule has 0 aliphatic carbocycles. The van der Waals surface area contributed by atoms with Gasteiger partial charge in [0.05, 0.1) is 5.92 Å². The quantitative estimate of drug-likeness (QED) is 0.863. The molecule has 0 bridgehead atoms. The SMILES string of the molecule is O=C(O)C(Cc1ccccn1)c1cccc(O)c1. The van der Waals surface area contributed by atoms with Gasteiger partial charge in [-0.3, -0.25) is 9.78 Å². The van der Waals surface area contributed by atoms with Crippen LogP contribution in [0.1, 0.15) is 17.2 Å². The van der Waals surface area contributed by atoms with Crippen molar-refractivity contribution in [2.75, 3.05) is 0 Å². The number of carboxylic acid groups (broad SMARTS) is 1. The Morgan fingerprint density at radius 1 is 1.22 bits per heavy atom. The van der Waals surface area contributed by atoms with Crippen molar-refractivity contribution in [2.45, 2.75) is 12.3 Å². The van der Waals surface area contributed by atoms with E-state index in [4.69, 9.17) is 0 Å². The topological polar surface area (TPSA) is 70.4 Å². The number of phenols is 1. The minimum Gasteiger partial charge on any atom is -0.508 e. The highest BCUT2D eigenvalue weighted by Gasteiger charge is 2.21. The third kappa shape index (κ3) is 2.85. The molecule has 4 nitrogen and oxygen atoms in total. The standard InChI is InChI=1S/C14H13NO3/c16-12-6-3-4-10(8-12)13(14(17)18)9-11-5-1-2-7-15-11/h1-8,13,16H,9H2,(H,17,18). The first kappa shape index (κ1) is 12.1. The molecule has 0 amide bonds. The lowest BCUT2D eigenvalue weighted by atomic mass is 9.94. The van der Waals surface area contributed by atoms with Gasteiger partial charge in [0.2, 0.25) is 0 Å². The van der Waals surface area contributed by atoms with Gasteiger partial charge in [0.25, 0.3) is 0 Å². The van der Waals surface area contributed by atoms with Gasteiger partial charge in [0.1, 0.15) is 5.75 Å². The van der Waals surface area contributed by atoms with E-state index in [1.807, 2.05) is 6.07 Å². The number of benzene rings is 1. The van der Waals surface area contributed by atoms with Crippen molar-refractivity contribution in [1.82, 2.24) is 4.98 Å². The van der Waals surface area contributed by atoms with Crippen LogP contribution in [0.4, 0.5) is 0 Å². The van der Waals surface area contributed by atoms with Crippen LogP contribution in [-0.4, -0.2) is 21.2 Å². The van der Waals surface area contributed by atoms with Crippen molar-refractivity contribution < 1.29 is 15.0 Å². The van der Waals surface area contributed by atoms with Gasteiger partial charge in [-0.05, 0) is 29.8 Å². The van der Waals surface area contributed by atoms with E-state index in [1.165, 1.54) is 12.1 Å². The van der Waals surface area contributed by atoms with E-state index in [1.54, 1.807) is 30.5 Å². The molecule has 0 fully saturated rings. The van der Waals surface area contributed by atoms with Crippen LogP contribution in [-0.2, 0) is 11.2 Å². The van der Waals surface area contributed by atoms with Gasteiger partial charge in [-0.25, -0.2) is 0 Å². The van der Waals surface area contributed by atoms with Crippen molar-refractivity contribution in [3.05, 3.63) is 59.9 Å². The molecule has 4 heteroatoms. The molecule has 1 aromatic carbocycles. The second-order valence-corrected chi connectivity index (χ2v) is 4.01. The average molecular weight is 243 g/mol. The maximum atomic E-state index is 11.3. The summed E-state index contributed by atoms with van der Waals surface area (Å²) >= 11 is 0. The van der Waals surface area contributed by atoms with E-state index in [2.05, 4.69) is 4.98 Å². The van der Waals surface area contributed by atoms with E-state index in [9.17, 15) is 15.0 Å². The lowest BCUT2D eigenvalue weighted by molar-refractivity contribution is -0.138. The zero-order chi connectivity index (χ0) is 13.0. The first-order chi connectivity index (χ1) is 8.66.